The first-order valence-electron chi connectivity index (χ1n) is 17.2. The van der Waals surface area contributed by atoms with Gasteiger partial charge in [0, 0.05) is 25.5 Å². The topological polar surface area (TPSA) is 75.7 Å². The molecule has 0 radical (unpaired) electrons. The number of Topliss-reactive ketones (excluding diaryl/α,β-unsaturated/α-hetero) is 1. The van der Waals surface area contributed by atoms with Crippen molar-refractivity contribution in [1.82, 2.24) is 4.90 Å². The van der Waals surface area contributed by atoms with Crippen LogP contribution in [0.5, 0.6) is 23.0 Å². The molecule has 0 N–H and O–H groups in total. The van der Waals surface area contributed by atoms with Gasteiger partial charge in [0.15, 0.2) is 18.4 Å². The van der Waals surface area contributed by atoms with Crippen LogP contribution in [0.3, 0.4) is 0 Å². The molecule has 46 heavy (non-hydrogen) atoms. The maximum absolute atomic E-state index is 14.2. The number of hydrogen-bond donors (Lipinski definition) is 0. The van der Waals surface area contributed by atoms with Gasteiger partial charge in [0.25, 0.3) is 0 Å². The average Bonchev–Trinajstić information content (AvgIpc) is 3.10. The van der Waals surface area contributed by atoms with Gasteiger partial charge in [0.1, 0.15) is 35.7 Å². The summed E-state index contributed by atoms with van der Waals surface area (Å²) in [5, 5.41) is 0. The third-order valence-corrected chi connectivity index (χ3v) is 9.44. The molecule has 7 rings (SSSR count). The smallest absolute Gasteiger partial charge is 0.199 e. The zero-order valence-corrected chi connectivity index (χ0v) is 26.6. The fourth-order valence-corrected chi connectivity index (χ4v) is 6.87. The zero-order valence-electron chi connectivity index (χ0n) is 26.6. The minimum absolute atomic E-state index is 0.0119. The Bertz CT molecular complexity index is 1420. The number of fused-ring (bicyclic) bond motifs is 1. The molecule has 0 amide bonds. The number of nitrogens with zero attached hydrogens (tertiary/aromatic N) is 1. The van der Waals surface area contributed by atoms with Gasteiger partial charge in [-0.2, -0.15) is 0 Å². The second-order valence-corrected chi connectivity index (χ2v) is 12.8. The molecule has 0 spiro atoms. The van der Waals surface area contributed by atoms with Crippen LogP contribution in [-0.2, 0) is 9.47 Å². The molecule has 8 nitrogen and oxygen atoms in total. The minimum atomic E-state index is -0.535. The normalized spacial score (nSPS) is 25.3. The number of likely N-dealkylation sites (tertiary alicyclic amines) is 1. The summed E-state index contributed by atoms with van der Waals surface area (Å²) >= 11 is 0. The first kappa shape index (κ1) is 31.0. The van der Waals surface area contributed by atoms with Crippen LogP contribution in [-0.4, -0.2) is 62.7 Å². The lowest BCUT2D eigenvalue weighted by atomic mass is 9.81. The summed E-state index contributed by atoms with van der Waals surface area (Å²) in [6.07, 6.45) is 8.85. The lowest BCUT2D eigenvalue weighted by Gasteiger charge is -2.34. The van der Waals surface area contributed by atoms with Crippen molar-refractivity contribution in [2.75, 3.05) is 39.5 Å². The Hall–Kier alpha value is -3.59. The van der Waals surface area contributed by atoms with E-state index < -0.39 is 12.0 Å². The van der Waals surface area contributed by atoms with Crippen molar-refractivity contribution in [1.29, 1.82) is 0 Å². The van der Waals surface area contributed by atoms with Crippen LogP contribution in [0, 0.1) is 0 Å². The molecule has 3 fully saturated rings. The molecule has 3 aromatic carbocycles. The van der Waals surface area contributed by atoms with Crippen LogP contribution < -0.4 is 18.9 Å². The highest BCUT2D eigenvalue weighted by molar-refractivity contribution is 6.05. The third-order valence-electron chi connectivity index (χ3n) is 9.44. The minimum Gasteiger partial charge on any atom is -0.492 e. The standard InChI is InChI=1S/C38H45NO7/c40-37-32-19-18-31(45-35-9-3-7-24-43-35)26-33(32)46-38(28-12-14-29(15-13-28)41-25-22-39-20-4-1-5-21-39)36(37)27-10-16-30(17-11-27)44-34-8-2-6-23-42-34/h10-19,26,34-36,38H,1-9,20-25H2. The van der Waals surface area contributed by atoms with Crippen molar-refractivity contribution in [3.8, 4) is 23.0 Å². The summed E-state index contributed by atoms with van der Waals surface area (Å²) in [5.41, 5.74) is 2.33. The fraction of sp³-hybridized carbons (Fsp3) is 0.500. The van der Waals surface area contributed by atoms with Crippen LogP contribution in [0.1, 0.15) is 91.3 Å². The van der Waals surface area contributed by atoms with Crippen LogP contribution in [0.4, 0.5) is 0 Å². The SMILES string of the molecule is O=C1c2ccc(OC3CCCCO3)cc2OC(c2ccc(OCCN3CCCCC3)cc2)C1c1ccc(OC2CCCCO2)cc1. The van der Waals surface area contributed by atoms with Crippen LogP contribution in [0.25, 0.3) is 0 Å². The number of carbonyl (C=O) groups excluding carboxylic acids is 1. The highest BCUT2D eigenvalue weighted by Crippen LogP contribution is 2.45. The second-order valence-electron chi connectivity index (χ2n) is 12.8. The van der Waals surface area contributed by atoms with Gasteiger partial charge < -0.3 is 28.4 Å². The fourth-order valence-electron chi connectivity index (χ4n) is 6.87. The highest BCUT2D eigenvalue weighted by Gasteiger charge is 2.40. The van der Waals surface area contributed by atoms with Gasteiger partial charge in [0.2, 0.25) is 0 Å². The van der Waals surface area contributed by atoms with Crippen LogP contribution in [0.15, 0.2) is 66.7 Å². The molecule has 0 aromatic heterocycles. The lowest BCUT2D eigenvalue weighted by molar-refractivity contribution is -0.106. The van der Waals surface area contributed by atoms with Crippen molar-refractivity contribution in [2.45, 2.75) is 82.4 Å². The predicted octanol–water partition coefficient (Wildman–Crippen LogP) is 7.46. The molecular formula is C38H45NO7. The monoisotopic (exact) mass is 627 g/mol. The van der Waals surface area contributed by atoms with Crippen LogP contribution >= 0.6 is 0 Å². The van der Waals surface area contributed by atoms with E-state index in [9.17, 15) is 4.79 Å². The van der Waals surface area contributed by atoms with E-state index in [1.165, 1.54) is 19.3 Å². The van der Waals surface area contributed by atoms with Crippen molar-refractivity contribution in [2.24, 2.45) is 0 Å². The summed E-state index contributed by atoms with van der Waals surface area (Å²) < 4.78 is 36.5. The van der Waals surface area contributed by atoms with Gasteiger partial charge in [-0.05, 0) is 99.1 Å². The van der Waals surface area contributed by atoms with E-state index in [1.807, 2.05) is 66.7 Å². The molecule has 4 unspecified atom stereocenters. The molecule has 4 atom stereocenters. The van der Waals surface area contributed by atoms with Gasteiger partial charge in [-0.1, -0.05) is 30.7 Å². The number of piperidine rings is 1. The third kappa shape index (κ3) is 7.51. The van der Waals surface area contributed by atoms with Crippen molar-refractivity contribution < 1.29 is 33.2 Å². The number of benzene rings is 3. The van der Waals surface area contributed by atoms with Gasteiger partial charge >= 0.3 is 0 Å². The Morgan fingerprint density at radius 3 is 1.98 bits per heavy atom. The average molecular weight is 628 g/mol. The molecule has 4 aliphatic heterocycles. The van der Waals surface area contributed by atoms with E-state index in [-0.39, 0.29) is 18.4 Å². The summed E-state index contributed by atoms with van der Waals surface area (Å²) in [6.45, 7) is 5.32. The largest absolute Gasteiger partial charge is 0.492 e. The number of ketones is 1. The Kier molecular flexibility index (Phi) is 10.0. The van der Waals surface area contributed by atoms with E-state index in [4.69, 9.17) is 28.4 Å². The van der Waals surface area contributed by atoms with Gasteiger partial charge in [-0.3, -0.25) is 9.69 Å². The summed E-state index contributed by atoms with van der Waals surface area (Å²) in [7, 11) is 0. The molecule has 3 saturated heterocycles. The van der Waals surface area contributed by atoms with E-state index in [0.717, 1.165) is 87.4 Å². The van der Waals surface area contributed by atoms with Crippen LogP contribution in [0.2, 0.25) is 0 Å². The Labute approximate surface area is 271 Å². The second kappa shape index (κ2) is 14.9. The molecule has 4 heterocycles. The van der Waals surface area contributed by atoms with Crippen molar-refractivity contribution >= 4 is 5.78 Å². The number of carbonyl (C=O) groups is 1. The van der Waals surface area contributed by atoms with E-state index in [1.54, 1.807) is 0 Å². The molecular weight excluding hydrogens is 582 g/mol. The summed E-state index contributed by atoms with van der Waals surface area (Å²) in [6, 6.07) is 21.3. The highest BCUT2D eigenvalue weighted by atomic mass is 16.7. The Morgan fingerprint density at radius 1 is 0.674 bits per heavy atom. The molecule has 0 bridgehead atoms. The molecule has 0 saturated carbocycles. The lowest BCUT2D eigenvalue weighted by Crippen LogP contribution is -2.33. The molecule has 4 aliphatic rings. The summed E-state index contributed by atoms with van der Waals surface area (Å²) in [5.74, 6) is 2.18. The molecule has 244 valence electrons. The Balaban J connectivity index is 1.11. The number of ether oxygens (including phenoxy) is 6. The Morgan fingerprint density at radius 2 is 1.30 bits per heavy atom. The van der Waals surface area contributed by atoms with Crippen molar-refractivity contribution in [3.63, 3.8) is 0 Å². The predicted molar refractivity (Wildman–Crippen MR) is 174 cm³/mol. The molecule has 0 aliphatic carbocycles. The maximum Gasteiger partial charge on any atom is 0.199 e. The maximum atomic E-state index is 14.2. The first-order valence-corrected chi connectivity index (χ1v) is 17.2. The van der Waals surface area contributed by atoms with E-state index >= 15 is 0 Å². The quantitative estimate of drug-likeness (QED) is 0.229. The van der Waals surface area contributed by atoms with Gasteiger partial charge in [0.05, 0.1) is 24.7 Å². The van der Waals surface area contributed by atoms with Crippen molar-refractivity contribution in [3.05, 3.63) is 83.4 Å². The zero-order chi connectivity index (χ0) is 31.1. The number of hydrogen-bond acceptors (Lipinski definition) is 8. The summed E-state index contributed by atoms with van der Waals surface area (Å²) in [4.78, 5) is 16.7. The molecule has 3 aromatic rings. The van der Waals surface area contributed by atoms with Gasteiger partial charge in [-0.25, -0.2) is 0 Å². The van der Waals surface area contributed by atoms with E-state index in [2.05, 4.69) is 4.90 Å². The molecule has 8 heteroatoms. The first-order chi connectivity index (χ1) is 22.7. The number of rotatable bonds is 10. The van der Waals surface area contributed by atoms with Gasteiger partial charge in [-0.15, -0.1) is 0 Å². The van der Waals surface area contributed by atoms with E-state index in [0.29, 0.717) is 30.3 Å².